The molecule has 0 radical (unpaired) electrons. The molecule has 0 aliphatic carbocycles. The number of rotatable bonds is 7. The molecular formula is C54H35N3S. The zero-order valence-electron chi connectivity index (χ0n) is 31.5. The quantitative estimate of drug-likeness (QED) is 0.162. The van der Waals surface area contributed by atoms with E-state index in [-0.39, 0.29) is 0 Å². The normalized spacial score (nSPS) is 11.4. The van der Waals surface area contributed by atoms with Gasteiger partial charge in [-0.3, -0.25) is 4.98 Å². The van der Waals surface area contributed by atoms with Crippen molar-refractivity contribution in [2.24, 2.45) is 0 Å². The standard InChI is InChI=1S/C54H35N3S/c1-3-10-36(11-4-1)38-17-21-40(22-18-38)42-26-29-51-48(33-42)47-28-25-45(35-52(47)57(51)46-15-9-14-44(32-46)49-16-7-8-31-55-49)54-56-50-34-43(27-30-53(50)58-54)41-23-19-39(20-24-41)37-12-5-2-6-13-37/h1-35H. The van der Waals surface area contributed by atoms with Gasteiger partial charge in [0.15, 0.2) is 0 Å². The van der Waals surface area contributed by atoms with Crippen LogP contribution in [0.4, 0.5) is 0 Å². The number of nitrogens with zero attached hydrogens (tertiary/aromatic N) is 3. The Kier molecular flexibility index (Phi) is 8.34. The lowest BCUT2D eigenvalue weighted by molar-refractivity contribution is 1.18. The van der Waals surface area contributed by atoms with Gasteiger partial charge in [0, 0.05) is 33.8 Å². The van der Waals surface area contributed by atoms with Gasteiger partial charge < -0.3 is 4.57 Å². The maximum absolute atomic E-state index is 5.23. The summed E-state index contributed by atoms with van der Waals surface area (Å²) in [5.74, 6) is 0. The highest BCUT2D eigenvalue weighted by molar-refractivity contribution is 7.21. The fraction of sp³-hybridized carbons (Fsp3) is 0. The first-order valence-electron chi connectivity index (χ1n) is 19.5. The fourth-order valence-corrected chi connectivity index (χ4v) is 9.09. The third-order valence-electron chi connectivity index (χ3n) is 11.1. The second kappa shape index (κ2) is 14.3. The third kappa shape index (κ3) is 6.17. The van der Waals surface area contributed by atoms with Gasteiger partial charge in [-0.05, 0) is 99.1 Å². The molecule has 58 heavy (non-hydrogen) atoms. The van der Waals surface area contributed by atoms with Crippen molar-refractivity contribution in [3.63, 3.8) is 0 Å². The number of thiazole rings is 1. The largest absolute Gasteiger partial charge is 0.309 e. The number of aromatic nitrogens is 3. The van der Waals surface area contributed by atoms with E-state index in [4.69, 9.17) is 4.98 Å². The Bertz CT molecular complexity index is 3240. The van der Waals surface area contributed by atoms with Crippen LogP contribution >= 0.6 is 11.3 Å². The molecule has 0 N–H and O–H groups in total. The predicted molar refractivity (Wildman–Crippen MR) is 244 cm³/mol. The summed E-state index contributed by atoms with van der Waals surface area (Å²) < 4.78 is 3.57. The van der Waals surface area contributed by atoms with Gasteiger partial charge in [0.05, 0.1) is 26.9 Å². The molecule has 0 fully saturated rings. The Balaban J connectivity index is 1.01. The zero-order valence-corrected chi connectivity index (χ0v) is 32.3. The number of benzene rings is 8. The summed E-state index contributed by atoms with van der Waals surface area (Å²) in [5, 5.41) is 3.42. The highest BCUT2D eigenvalue weighted by Gasteiger charge is 2.17. The summed E-state index contributed by atoms with van der Waals surface area (Å²) in [6.45, 7) is 0. The summed E-state index contributed by atoms with van der Waals surface area (Å²) in [4.78, 5) is 9.90. The van der Waals surface area contributed by atoms with Crippen LogP contribution in [-0.4, -0.2) is 14.5 Å². The maximum atomic E-state index is 5.23. The molecule has 11 aromatic rings. The Labute approximate surface area is 340 Å². The minimum atomic E-state index is 0.952. The number of fused-ring (bicyclic) bond motifs is 4. The van der Waals surface area contributed by atoms with Gasteiger partial charge in [-0.25, -0.2) is 4.98 Å². The average Bonchev–Trinajstić information content (AvgIpc) is 3.88. The van der Waals surface area contributed by atoms with Gasteiger partial charge in [-0.15, -0.1) is 11.3 Å². The van der Waals surface area contributed by atoms with Crippen molar-refractivity contribution in [1.29, 1.82) is 0 Å². The van der Waals surface area contributed by atoms with Crippen LogP contribution in [-0.2, 0) is 0 Å². The first kappa shape index (κ1) is 33.9. The van der Waals surface area contributed by atoms with Gasteiger partial charge in [0.2, 0.25) is 0 Å². The first-order valence-corrected chi connectivity index (χ1v) is 20.4. The van der Waals surface area contributed by atoms with Gasteiger partial charge in [0.25, 0.3) is 0 Å². The van der Waals surface area contributed by atoms with E-state index in [1.165, 1.54) is 54.4 Å². The molecule has 8 aromatic carbocycles. The summed E-state index contributed by atoms with van der Waals surface area (Å²) in [5.41, 5.74) is 17.1. The molecule has 0 spiro atoms. The van der Waals surface area contributed by atoms with Crippen molar-refractivity contribution in [2.45, 2.75) is 0 Å². The van der Waals surface area contributed by atoms with E-state index in [1.54, 1.807) is 11.3 Å². The maximum Gasteiger partial charge on any atom is 0.124 e. The van der Waals surface area contributed by atoms with Gasteiger partial charge in [-0.1, -0.05) is 152 Å². The molecule has 3 aromatic heterocycles. The lowest BCUT2D eigenvalue weighted by Gasteiger charge is -2.11. The van der Waals surface area contributed by atoms with Crippen molar-refractivity contribution < 1.29 is 0 Å². The number of pyridine rings is 1. The van der Waals surface area contributed by atoms with E-state index < -0.39 is 0 Å². The molecule has 0 amide bonds. The topological polar surface area (TPSA) is 30.7 Å². The lowest BCUT2D eigenvalue weighted by Crippen LogP contribution is -1.95. The molecule has 272 valence electrons. The predicted octanol–water partition coefficient (Wildman–Crippen LogP) is 14.8. The van der Waals surface area contributed by atoms with Crippen LogP contribution in [0.5, 0.6) is 0 Å². The Hall–Kier alpha value is -7.40. The summed E-state index contributed by atoms with van der Waals surface area (Å²) in [7, 11) is 0. The average molecular weight is 758 g/mol. The Morgan fingerprint density at radius 3 is 1.60 bits per heavy atom. The second-order valence-electron chi connectivity index (χ2n) is 14.7. The summed E-state index contributed by atoms with van der Waals surface area (Å²) in [6, 6.07) is 73.9. The van der Waals surface area contributed by atoms with Crippen LogP contribution < -0.4 is 0 Å². The van der Waals surface area contributed by atoms with E-state index in [2.05, 4.69) is 204 Å². The highest BCUT2D eigenvalue weighted by atomic mass is 32.1. The van der Waals surface area contributed by atoms with Crippen molar-refractivity contribution in [3.8, 4) is 72.0 Å². The first-order chi connectivity index (χ1) is 28.7. The molecule has 0 aliphatic heterocycles. The van der Waals surface area contributed by atoms with Crippen molar-refractivity contribution >= 4 is 43.4 Å². The molecule has 0 unspecified atom stereocenters. The van der Waals surface area contributed by atoms with Crippen molar-refractivity contribution in [2.75, 3.05) is 0 Å². The number of hydrogen-bond donors (Lipinski definition) is 0. The van der Waals surface area contributed by atoms with E-state index in [9.17, 15) is 0 Å². The zero-order chi connectivity index (χ0) is 38.4. The van der Waals surface area contributed by atoms with Crippen LogP contribution in [0.15, 0.2) is 212 Å². The SMILES string of the molecule is c1ccc(-c2ccc(-c3ccc4sc(-c5ccc6c7cc(-c8ccc(-c9ccccc9)cc8)ccc7n(-c7cccc(-c8ccccn8)c7)c6c5)nc4c3)cc2)cc1. The van der Waals surface area contributed by atoms with E-state index in [0.717, 1.165) is 49.6 Å². The summed E-state index contributed by atoms with van der Waals surface area (Å²) >= 11 is 1.74. The van der Waals surface area contributed by atoms with Gasteiger partial charge in [-0.2, -0.15) is 0 Å². The van der Waals surface area contributed by atoms with Crippen molar-refractivity contribution in [3.05, 3.63) is 212 Å². The lowest BCUT2D eigenvalue weighted by atomic mass is 9.99. The van der Waals surface area contributed by atoms with Gasteiger partial charge >= 0.3 is 0 Å². The molecule has 0 atom stereocenters. The van der Waals surface area contributed by atoms with Crippen molar-refractivity contribution in [1.82, 2.24) is 14.5 Å². The highest BCUT2D eigenvalue weighted by Crippen LogP contribution is 2.40. The molecule has 0 saturated heterocycles. The Morgan fingerprint density at radius 2 is 0.931 bits per heavy atom. The third-order valence-corrected chi connectivity index (χ3v) is 12.2. The minimum absolute atomic E-state index is 0.952. The Morgan fingerprint density at radius 1 is 0.362 bits per heavy atom. The molecular weight excluding hydrogens is 723 g/mol. The van der Waals surface area contributed by atoms with Gasteiger partial charge in [0.1, 0.15) is 5.01 Å². The minimum Gasteiger partial charge on any atom is -0.309 e. The van der Waals surface area contributed by atoms with Crippen LogP contribution in [0, 0.1) is 0 Å². The smallest absolute Gasteiger partial charge is 0.124 e. The monoisotopic (exact) mass is 757 g/mol. The van der Waals surface area contributed by atoms with E-state index in [1.807, 2.05) is 18.3 Å². The van der Waals surface area contributed by atoms with Crippen LogP contribution in [0.2, 0.25) is 0 Å². The molecule has 11 rings (SSSR count). The second-order valence-corrected chi connectivity index (χ2v) is 15.7. The van der Waals surface area contributed by atoms with E-state index >= 15 is 0 Å². The van der Waals surface area contributed by atoms with E-state index in [0.29, 0.717) is 0 Å². The summed E-state index contributed by atoms with van der Waals surface area (Å²) in [6.07, 6.45) is 1.85. The van der Waals surface area contributed by atoms with Crippen LogP contribution in [0.25, 0.3) is 104 Å². The number of hydrogen-bond acceptors (Lipinski definition) is 3. The van der Waals surface area contributed by atoms with Crippen LogP contribution in [0.3, 0.4) is 0 Å². The molecule has 4 heteroatoms. The molecule has 0 aliphatic rings. The molecule has 0 saturated carbocycles. The fourth-order valence-electron chi connectivity index (χ4n) is 8.15. The molecule has 3 heterocycles. The molecule has 3 nitrogen and oxygen atoms in total. The molecule has 0 bridgehead atoms. The van der Waals surface area contributed by atoms with Crippen LogP contribution in [0.1, 0.15) is 0 Å².